The molecular formula is C15H16BrClN4O3. The van der Waals surface area contributed by atoms with Crippen molar-refractivity contribution in [2.24, 2.45) is 10.9 Å². The summed E-state index contributed by atoms with van der Waals surface area (Å²) in [4.78, 5) is 20.2. The van der Waals surface area contributed by atoms with E-state index in [1.807, 2.05) is 6.07 Å². The van der Waals surface area contributed by atoms with E-state index in [2.05, 4.69) is 36.2 Å². The Balaban J connectivity index is 2.09. The fourth-order valence-electron chi connectivity index (χ4n) is 1.82. The molecule has 1 aromatic carbocycles. The first-order valence-electron chi connectivity index (χ1n) is 7.04. The van der Waals surface area contributed by atoms with Gasteiger partial charge in [-0.15, -0.1) is 0 Å². The smallest absolute Gasteiger partial charge is 0.433 e. The van der Waals surface area contributed by atoms with E-state index < -0.39 is 6.09 Å². The molecule has 1 heterocycles. The number of aromatic nitrogens is 1. The number of carbonyl (C=O) groups excluding carboxylic acids is 1. The minimum absolute atomic E-state index is 0.000151. The summed E-state index contributed by atoms with van der Waals surface area (Å²) in [7, 11) is 0. The Morgan fingerprint density at radius 1 is 1.54 bits per heavy atom. The molecule has 128 valence electrons. The van der Waals surface area contributed by atoms with Crippen molar-refractivity contribution in [2.75, 3.05) is 6.61 Å². The number of pyridine rings is 1. The molecule has 3 N–H and O–H groups in total. The van der Waals surface area contributed by atoms with Crippen molar-refractivity contribution in [3.8, 4) is 5.75 Å². The molecule has 0 bridgehead atoms. The normalized spacial score (nSPS) is 11.6. The topological polar surface area (TPSA) is 98.8 Å². The van der Waals surface area contributed by atoms with Crippen molar-refractivity contribution in [1.29, 1.82) is 0 Å². The molecule has 0 aliphatic carbocycles. The average Bonchev–Trinajstić information content (AvgIpc) is 2.52. The van der Waals surface area contributed by atoms with E-state index in [0.717, 1.165) is 5.39 Å². The second-order valence-electron chi connectivity index (χ2n) is 5.12. The third kappa shape index (κ3) is 4.72. The number of hydrogen-bond donors (Lipinski definition) is 2. The summed E-state index contributed by atoms with van der Waals surface area (Å²) in [5.41, 5.74) is 6.27. The lowest BCUT2D eigenvalue weighted by molar-refractivity contribution is 0.147. The molecule has 9 heteroatoms. The van der Waals surface area contributed by atoms with Gasteiger partial charge in [0.15, 0.2) is 11.6 Å². The lowest BCUT2D eigenvalue weighted by Gasteiger charge is -2.11. The van der Waals surface area contributed by atoms with Gasteiger partial charge in [-0.25, -0.2) is 4.79 Å². The number of halogens is 2. The third-order valence-corrected chi connectivity index (χ3v) is 3.67. The zero-order valence-electron chi connectivity index (χ0n) is 13.0. The van der Waals surface area contributed by atoms with E-state index in [-0.39, 0.29) is 18.5 Å². The number of ether oxygens (including phenoxy) is 1. The molecule has 1 amide bonds. The maximum atomic E-state index is 11.3. The van der Waals surface area contributed by atoms with Crippen LogP contribution in [0, 0.1) is 0 Å². The van der Waals surface area contributed by atoms with E-state index in [9.17, 15) is 4.79 Å². The first-order valence-corrected chi connectivity index (χ1v) is 8.21. The van der Waals surface area contributed by atoms with Crippen LogP contribution < -0.4 is 15.8 Å². The van der Waals surface area contributed by atoms with E-state index >= 15 is 0 Å². The van der Waals surface area contributed by atoms with Gasteiger partial charge in [-0.3, -0.25) is 9.82 Å². The number of hydrogen-bond acceptors (Lipinski definition) is 5. The van der Waals surface area contributed by atoms with Gasteiger partial charge in [-0.2, -0.15) is 0 Å². The first kappa shape index (κ1) is 18.3. The molecule has 0 spiro atoms. The molecule has 0 radical (unpaired) electrons. The summed E-state index contributed by atoms with van der Waals surface area (Å²) in [5.74, 6) is 0.472. The second kappa shape index (κ2) is 8.16. The lowest BCUT2D eigenvalue weighted by atomic mass is 10.2. The van der Waals surface area contributed by atoms with Gasteiger partial charge < -0.3 is 15.8 Å². The van der Waals surface area contributed by atoms with Crippen molar-refractivity contribution in [1.82, 2.24) is 10.3 Å². The Morgan fingerprint density at radius 3 is 3.00 bits per heavy atom. The number of nitrogens with zero attached hydrogens (tertiary/aromatic N) is 2. The number of oxime groups is 1. The van der Waals surface area contributed by atoms with Crippen LogP contribution >= 0.6 is 27.5 Å². The highest BCUT2D eigenvalue weighted by Crippen LogP contribution is 2.36. The van der Waals surface area contributed by atoms with Crippen LogP contribution in [0.2, 0.25) is 5.02 Å². The summed E-state index contributed by atoms with van der Waals surface area (Å²) in [6.07, 6.45) is 0.946. The largest absolute Gasteiger partial charge is 0.482 e. The zero-order chi connectivity index (χ0) is 17.7. The number of carbonyl (C=O) groups is 1. The molecule has 24 heavy (non-hydrogen) atoms. The number of amidine groups is 1. The van der Waals surface area contributed by atoms with Crippen LogP contribution in [0.5, 0.6) is 5.75 Å². The van der Waals surface area contributed by atoms with Crippen LogP contribution in [0.4, 0.5) is 4.79 Å². The second-order valence-corrected chi connectivity index (χ2v) is 6.38. The van der Waals surface area contributed by atoms with Crippen LogP contribution in [0.15, 0.2) is 34.0 Å². The van der Waals surface area contributed by atoms with E-state index in [1.54, 1.807) is 32.2 Å². The lowest BCUT2D eigenvalue weighted by Crippen LogP contribution is -2.31. The summed E-state index contributed by atoms with van der Waals surface area (Å²) in [6, 6.07) is 5.26. The maximum absolute atomic E-state index is 11.3. The van der Waals surface area contributed by atoms with Crippen molar-refractivity contribution in [3.63, 3.8) is 0 Å². The maximum Gasteiger partial charge on any atom is 0.433 e. The van der Waals surface area contributed by atoms with Gasteiger partial charge in [0.2, 0.25) is 0 Å². The predicted molar refractivity (Wildman–Crippen MR) is 96.3 cm³/mol. The summed E-state index contributed by atoms with van der Waals surface area (Å²) < 4.78 is 6.27. The van der Waals surface area contributed by atoms with Crippen molar-refractivity contribution in [2.45, 2.75) is 19.9 Å². The van der Waals surface area contributed by atoms with E-state index in [4.69, 9.17) is 22.1 Å². The van der Waals surface area contributed by atoms with Gasteiger partial charge in [0.05, 0.1) is 9.50 Å². The highest BCUT2D eigenvalue weighted by atomic mass is 79.9. The number of nitrogens with one attached hydrogen (secondary N) is 1. The number of amides is 1. The molecule has 7 nitrogen and oxygen atoms in total. The number of fused-ring (bicyclic) bond motifs is 1. The molecule has 0 unspecified atom stereocenters. The Kier molecular flexibility index (Phi) is 6.22. The molecule has 2 rings (SSSR count). The number of rotatable bonds is 5. The van der Waals surface area contributed by atoms with Gasteiger partial charge in [-0.05, 0) is 48.0 Å². The van der Waals surface area contributed by atoms with E-state index in [1.165, 1.54) is 0 Å². The predicted octanol–water partition coefficient (Wildman–Crippen LogP) is 3.44. The van der Waals surface area contributed by atoms with Crippen LogP contribution in [0.1, 0.15) is 13.8 Å². The van der Waals surface area contributed by atoms with Crippen LogP contribution in [0.25, 0.3) is 10.9 Å². The highest BCUT2D eigenvalue weighted by molar-refractivity contribution is 9.10. The Bertz CT molecular complexity index is 783. The molecule has 0 saturated carbocycles. The molecular weight excluding hydrogens is 400 g/mol. The van der Waals surface area contributed by atoms with Crippen LogP contribution in [-0.4, -0.2) is 29.6 Å². The summed E-state index contributed by atoms with van der Waals surface area (Å²) >= 11 is 9.57. The minimum atomic E-state index is -0.687. The molecule has 0 aliphatic heterocycles. The Hall–Kier alpha value is -2.06. The molecule has 0 aliphatic rings. The third-order valence-electron chi connectivity index (χ3n) is 2.77. The SMILES string of the molecule is CC(C)NC(=O)ON=C(N)COc1c(Br)cc(Cl)c2cccnc12. The van der Waals surface area contributed by atoms with Crippen molar-refractivity contribution >= 4 is 50.4 Å². The van der Waals surface area contributed by atoms with Gasteiger partial charge in [0.25, 0.3) is 0 Å². The molecule has 1 aromatic heterocycles. The average molecular weight is 416 g/mol. The summed E-state index contributed by atoms with van der Waals surface area (Å²) in [6.45, 7) is 3.52. The fraction of sp³-hybridized carbons (Fsp3) is 0.267. The standard InChI is InChI=1S/C15H16BrClN4O3/c1-8(2)20-15(22)24-21-12(18)7-23-14-10(16)6-11(17)9-4-3-5-19-13(9)14/h3-6,8H,7H2,1-2H3,(H2,18,21)(H,20,22). The Labute approximate surface area is 152 Å². The van der Waals surface area contributed by atoms with Gasteiger partial charge in [0.1, 0.15) is 12.1 Å². The highest BCUT2D eigenvalue weighted by Gasteiger charge is 2.13. The number of nitrogens with two attached hydrogens (primary N) is 1. The van der Waals surface area contributed by atoms with E-state index in [0.29, 0.717) is 20.8 Å². The van der Waals surface area contributed by atoms with Crippen LogP contribution in [-0.2, 0) is 4.84 Å². The minimum Gasteiger partial charge on any atom is -0.482 e. The molecule has 2 aromatic rings. The van der Waals surface area contributed by atoms with Crippen molar-refractivity contribution < 1.29 is 14.4 Å². The molecule has 0 saturated heterocycles. The Morgan fingerprint density at radius 2 is 2.29 bits per heavy atom. The van der Waals surface area contributed by atoms with Crippen molar-refractivity contribution in [3.05, 3.63) is 33.9 Å². The van der Waals surface area contributed by atoms with Gasteiger partial charge in [-0.1, -0.05) is 16.8 Å². The van der Waals surface area contributed by atoms with Gasteiger partial charge in [0, 0.05) is 17.6 Å². The molecule has 0 fully saturated rings. The first-order chi connectivity index (χ1) is 11.4. The van der Waals surface area contributed by atoms with Gasteiger partial charge >= 0.3 is 6.09 Å². The van der Waals surface area contributed by atoms with Crippen LogP contribution in [0.3, 0.4) is 0 Å². The summed E-state index contributed by atoms with van der Waals surface area (Å²) in [5, 5.41) is 7.33. The zero-order valence-corrected chi connectivity index (χ0v) is 15.4. The fourth-order valence-corrected chi connectivity index (χ4v) is 2.74. The quantitative estimate of drug-likeness (QED) is 0.337. The monoisotopic (exact) mass is 414 g/mol. The molecule has 0 atom stereocenters. The number of benzene rings is 1.